The lowest BCUT2D eigenvalue weighted by atomic mass is 10.2. The molecule has 1 aliphatic heterocycles. The lowest BCUT2D eigenvalue weighted by Gasteiger charge is -2.13. The van der Waals surface area contributed by atoms with E-state index in [1.54, 1.807) is 11.8 Å². The van der Waals surface area contributed by atoms with Gasteiger partial charge in [-0.25, -0.2) is 0 Å². The van der Waals surface area contributed by atoms with E-state index in [4.69, 9.17) is 0 Å². The summed E-state index contributed by atoms with van der Waals surface area (Å²) < 4.78 is 0. The van der Waals surface area contributed by atoms with Gasteiger partial charge in [-0.1, -0.05) is 24.6 Å². The van der Waals surface area contributed by atoms with E-state index in [0.29, 0.717) is 5.25 Å². The topological polar surface area (TPSA) is 23.5 Å². The number of aliphatic hydroxyl groups excluding tert-OH is 1. The summed E-state index contributed by atoms with van der Waals surface area (Å²) in [6.07, 6.45) is -0.189. The molecule has 88 valence electrons. The minimum absolute atomic E-state index is 0.189. The number of β-amino-alcohol motifs (C(OH)–C–C–N with tert-alkyl or cyclic N) is 1. The second-order valence-electron chi connectivity index (χ2n) is 4.39. The Bertz CT molecular complexity index is 338. The Morgan fingerprint density at radius 1 is 1.31 bits per heavy atom. The number of likely N-dealkylation sites (tertiary alicyclic amines) is 1. The van der Waals surface area contributed by atoms with Gasteiger partial charge in [0.15, 0.2) is 0 Å². The average Bonchev–Trinajstić information content (AvgIpc) is 2.63. The van der Waals surface area contributed by atoms with E-state index < -0.39 is 0 Å². The summed E-state index contributed by atoms with van der Waals surface area (Å²) in [5.41, 5.74) is 1.28. The van der Waals surface area contributed by atoms with Crippen LogP contribution in [0.2, 0.25) is 0 Å². The molecule has 1 aliphatic rings. The summed E-state index contributed by atoms with van der Waals surface area (Å²) in [5.74, 6) is 0. The van der Waals surface area contributed by atoms with Crippen molar-refractivity contribution in [3.63, 3.8) is 0 Å². The number of nitrogens with zero attached hydrogens (tertiary/aromatic N) is 1. The summed E-state index contributed by atoms with van der Waals surface area (Å²) in [5, 5.41) is 10.3. The molecule has 2 unspecified atom stereocenters. The van der Waals surface area contributed by atoms with Crippen LogP contribution < -0.4 is 0 Å². The molecule has 3 heteroatoms. The van der Waals surface area contributed by atoms with Gasteiger partial charge in [-0.2, -0.15) is 0 Å². The van der Waals surface area contributed by atoms with E-state index in [0.717, 1.165) is 19.6 Å². The van der Waals surface area contributed by atoms with Gasteiger partial charge in [-0.15, -0.1) is 11.8 Å². The van der Waals surface area contributed by atoms with Gasteiger partial charge in [-0.05, 0) is 25.6 Å². The molecule has 2 rings (SSSR count). The maximum Gasteiger partial charge on any atom is 0.0801 e. The minimum atomic E-state index is -0.189. The fourth-order valence-electron chi connectivity index (χ4n) is 2.00. The van der Waals surface area contributed by atoms with Gasteiger partial charge in [0, 0.05) is 23.2 Å². The molecule has 1 saturated heterocycles. The Morgan fingerprint density at radius 3 is 2.56 bits per heavy atom. The number of hydrogen-bond donors (Lipinski definition) is 1. The number of thioether (sulfide) groups is 1. The standard InChI is InChI=1S/C13H19NOS/c1-3-14-8-12(15)13(9-14)16-11-6-4-10(2)5-7-11/h4-7,12-13,15H,3,8-9H2,1-2H3. The third-order valence-electron chi connectivity index (χ3n) is 3.07. The van der Waals surface area contributed by atoms with Crippen LogP contribution in [0.25, 0.3) is 0 Å². The SMILES string of the molecule is CCN1CC(O)C(Sc2ccc(C)cc2)C1. The summed E-state index contributed by atoms with van der Waals surface area (Å²) in [6.45, 7) is 7.08. The van der Waals surface area contributed by atoms with E-state index in [-0.39, 0.29) is 6.10 Å². The number of benzene rings is 1. The third kappa shape index (κ3) is 2.78. The van der Waals surface area contributed by atoms with Gasteiger partial charge in [0.05, 0.1) is 6.10 Å². The molecule has 2 nitrogen and oxygen atoms in total. The van der Waals surface area contributed by atoms with E-state index in [1.807, 2.05) is 0 Å². The molecular formula is C13H19NOS. The second kappa shape index (κ2) is 5.21. The van der Waals surface area contributed by atoms with Crippen LogP contribution in [0.15, 0.2) is 29.2 Å². The number of aryl methyl sites for hydroxylation is 1. The number of hydrogen-bond acceptors (Lipinski definition) is 3. The highest BCUT2D eigenvalue weighted by Crippen LogP contribution is 2.29. The van der Waals surface area contributed by atoms with Crippen molar-refractivity contribution in [2.75, 3.05) is 19.6 Å². The molecule has 0 aliphatic carbocycles. The van der Waals surface area contributed by atoms with Crippen LogP contribution >= 0.6 is 11.8 Å². The number of rotatable bonds is 3. The maximum atomic E-state index is 9.94. The van der Waals surface area contributed by atoms with Crippen LogP contribution in [0.4, 0.5) is 0 Å². The summed E-state index contributed by atoms with van der Waals surface area (Å²) >= 11 is 1.80. The molecule has 1 N–H and O–H groups in total. The Labute approximate surface area is 102 Å². The van der Waals surface area contributed by atoms with Crippen LogP contribution in [-0.2, 0) is 0 Å². The largest absolute Gasteiger partial charge is 0.391 e. The van der Waals surface area contributed by atoms with E-state index >= 15 is 0 Å². The molecule has 0 saturated carbocycles. The van der Waals surface area contributed by atoms with Gasteiger partial charge < -0.3 is 5.11 Å². The Balaban J connectivity index is 1.97. The van der Waals surface area contributed by atoms with Crippen LogP contribution in [0.5, 0.6) is 0 Å². The fourth-order valence-corrected chi connectivity index (χ4v) is 3.17. The van der Waals surface area contributed by atoms with E-state index in [2.05, 4.69) is 43.0 Å². The first-order valence-corrected chi connectivity index (χ1v) is 6.70. The Morgan fingerprint density at radius 2 is 2.00 bits per heavy atom. The zero-order chi connectivity index (χ0) is 11.5. The van der Waals surface area contributed by atoms with Crippen LogP contribution in [0.3, 0.4) is 0 Å². The molecular weight excluding hydrogens is 218 g/mol. The quantitative estimate of drug-likeness (QED) is 0.871. The molecule has 1 fully saturated rings. The van der Waals surface area contributed by atoms with Crippen molar-refractivity contribution in [2.45, 2.75) is 30.1 Å². The first-order valence-electron chi connectivity index (χ1n) is 5.83. The molecule has 0 aromatic heterocycles. The molecule has 2 atom stereocenters. The van der Waals surface area contributed by atoms with Crippen molar-refractivity contribution in [3.05, 3.63) is 29.8 Å². The van der Waals surface area contributed by atoms with Gasteiger partial charge in [0.2, 0.25) is 0 Å². The molecule has 1 aromatic carbocycles. The van der Waals surface area contributed by atoms with Gasteiger partial charge in [-0.3, -0.25) is 4.90 Å². The Kier molecular flexibility index (Phi) is 3.90. The zero-order valence-electron chi connectivity index (χ0n) is 9.89. The summed E-state index contributed by atoms with van der Waals surface area (Å²) in [7, 11) is 0. The van der Waals surface area contributed by atoms with Crippen molar-refractivity contribution in [3.8, 4) is 0 Å². The van der Waals surface area contributed by atoms with Crippen molar-refractivity contribution in [1.82, 2.24) is 4.90 Å². The first kappa shape index (κ1) is 12.0. The van der Waals surface area contributed by atoms with E-state index in [1.165, 1.54) is 10.5 Å². The molecule has 0 spiro atoms. The molecule has 1 heterocycles. The van der Waals surface area contributed by atoms with Crippen LogP contribution in [-0.4, -0.2) is 41.0 Å². The normalized spacial score (nSPS) is 26.2. The number of aliphatic hydroxyl groups is 1. The second-order valence-corrected chi connectivity index (χ2v) is 5.70. The smallest absolute Gasteiger partial charge is 0.0801 e. The number of likely N-dealkylation sites (N-methyl/N-ethyl adjacent to an activating group) is 1. The minimum Gasteiger partial charge on any atom is -0.391 e. The lowest BCUT2D eigenvalue weighted by molar-refractivity contribution is 0.181. The highest BCUT2D eigenvalue weighted by molar-refractivity contribution is 8.00. The van der Waals surface area contributed by atoms with Crippen molar-refractivity contribution in [2.24, 2.45) is 0 Å². The van der Waals surface area contributed by atoms with Gasteiger partial charge >= 0.3 is 0 Å². The van der Waals surface area contributed by atoms with Crippen LogP contribution in [0, 0.1) is 6.92 Å². The average molecular weight is 237 g/mol. The highest BCUT2D eigenvalue weighted by Gasteiger charge is 2.30. The lowest BCUT2D eigenvalue weighted by Crippen LogP contribution is -2.21. The Hall–Kier alpha value is -0.510. The zero-order valence-corrected chi connectivity index (χ0v) is 10.7. The van der Waals surface area contributed by atoms with Crippen LogP contribution in [0.1, 0.15) is 12.5 Å². The monoisotopic (exact) mass is 237 g/mol. The molecule has 0 bridgehead atoms. The highest BCUT2D eigenvalue weighted by atomic mass is 32.2. The molecule has 0 amide bonds. The predicted octanol–water partition coefficient (Wildman–Crippen LogP) is 2.15. The van der Waals surface area contributed by atoms with Crippen molar-refractivity contribution < 1.29 is 5.11 Å². The van der Waals surface area contributed by atoms with Gasteiger partial charge in [0.25, 0.3) is 0 Å². The summed E-state index contributed by atoms with van der Waals surface area (Å²) in [4.78, 5) is 3.56. The summed E-state index contributed by atoms with van der Waals surface area (Å²) in [6, 6.07) is 8.53. The molecule has 0 radical (unpaired) electrons. The van der Waals surface area contributed by atoms with Crippen molar-refractivity contribution in [1.29, 1.82) is 0 Å². The predicted molar refractivity (Wildman–Crippen MR) is 68.9 cm³/mol. The van der Waals surface area contributed by atoms with Gasteiger partial charge in [0.1, 0.15) is 0 Å². The van der Waals surface area contributed by atoms with E-state index in [9.17, 15) is 5.11 Å². The molecule has 16 heavy (non-hydrogen) atoms. The fraction of sp³-hybridized carbons (Fsp3) is 0.538. The van der Waals surface area contributed by atoms with Crippen molar-refractivity contribution >= 4 is 11.8 Å². The first-order chi connectivity index (χ1) is 7.69. The third-order valence-corrected chi connectivity index (χ3v) is 4.38. The maximum absolute atomic E-state index is 9.94. The molecule has 1 aromatic rings.